The Morgan fingerprint density at radius 1 is 1.03 bits per heavy atom. The van der Waals surface area contributed by atoms with Gasteiger partial charge in [-0.25, -0.2) is 0 Å². The van der Waals surface area contributed by atoms with Crippen LogP contribution in [0.25, 0.3) is 6.08 Å². The van der Waals surface area contributed by atoms with Gasteiger partial charge in [-0.2, -0.15) is 0 Å². The van der Waals surface area contributed by atoms with E-state index in [1.54, 1.807) is 43.5 Å². The van der Waals surface area contributed by atoms with Crippen LogP contribution in [0.15, 0.2) is 60.4 Å². The number of halogens is 2. The standard InChI is InChI=1S/C24H18Cl2O4/c1-14-10-16(29-13-17-18(25)7-5-8-19(17)26)12-21-23(14)24(27)22(30-21)11-15-6-3-4-9-20(15)28-2/h3-12H,13H2,1-2H3/b22-11-. The van der Waals surface area contributed by atoms with E-state index in [4.69, 9.17) is 37.4 Å². The van der Waals surface area contributed by atoms with Crippen molar-refractivity contribution in [2.45, 2.75) is 13.5 Å². The van der Waals surface area contributed by atoms with Crippen LogP contribution in [0, 0.1) is 6.92 Å². The number of ketones is 1. The highest BCUT2D eigenvalue weighted by molar-refractivity contribution is 6.35. The Kier molecular flexibility index (Phi) is 5.71. The van der Waals surface area contributed by atoms with Crippen molar-refractivity contribution in [2.75, 3.05) is 7.11 Å². The van der Waals surface area contributed by atoms with E-state index in [0.717, 1.165) is 11.1 Å². The Balaban J connectivity index is 1.60. The fourth-order valence-electron chi connectivity index (χ4n) is 3.31. The SMILES string of the molecule is COc1ccccc1/C=C1\Oc2cc(OCc3c(Cl)cccc3Cl)cc(C)c2C1=O. The van der Waals surface area contributed by atoms with Crippen LogP contribution in [0.2, 0.25) is 10.0 Å². The van der Waals surface area contributed by atoms with Crippen molar-refractivity contribution in [1.82, 2.24) is 0 Å². The van der Waals surface area contributed by atoms with E-state index >= 15 is 0 Å². The van der Waals surface area contributed by atoms with Gasteiger partial charge in [0.15, 0.2) is 5.76 Å². The highest BCUT2D eigenvalue weighted by Crippen LogP contribution is 2.38. The molecule has 0 radical (unpaired) electrons. The summed E-state index contributed by atoms with van der Waals surface area (Å²) >= 11 is 12.4. The van der Waals surface area contributed by atoms with Gasteiger partial charge in [-0.05, 0) is 42.8 Å². The van der Waals surface area contributed by atoms with Crippen LogP contribution in [0.5, 0.6) is 17.2 Å². The van der Waals surface area contributed by atoms with Crippen LogP contribution in [-0.2, 0) is 6.61 Å². The third-order valence-electron chi connectivity index (χ3n) is 4.81. The fraction of sp³-hybridized carbons (Fsp3) is 0.125. The molecule has 4 rings (SSSR count). The predicted octanol–water partition coefficient (Wildman–Crippen LogP) is 6.51. The molecular formula is C24H18Cl2O4. The minimum absolute atomic E-state index is 0.172. The molecule has 30 heavy (non-hydrogen) atoms. The van der Waals surface area contributed by atoms with Gasteiger partial charge in [0.25, 0.3) is 0 Å². The molecule has 0 N–H and O–H groups in total. The van der Waals surface area contributed by atoms with Crippen molar-refractivity contribution < 1.29 is 19.0 Å². The Bertz CT molecular complexity index is 1150. The molecule has 0 aliphatic carbocycles. The number of allylic oxidation sites excluding steroid dienone is 1. The maximum atomic E-state index is 12.9. The number of aryl methyl sites for hydroxylation is 1. The van der Waals surface area contributed by atoms with Gasteiger partial charge in [-0.1, -0.05) is 47.5 Å². The summed E-state index contributed by atoms with van der Waals surface area (Å²) in [7, 11) is 1.59. The Hall–Kier alpha value is -2.95. The maximum absolute atomic E-state index is 12.9. The number of hydrogen-bond donors (Lipinski definition) is 0. The summed E-state index contributed by atoms with van der Waals surface area (Å²) in [5.41, 5.74) is 2.76. The minimum atomic E-state index is -0.172. The molecule has 0 saturated carbocycles. The zero-order valence-corrected chi connectivity index (χ0v) is 17.9. The van der Waals surface area contributed by atoms with Crippen LogP contribution in [0.4, 0.5) is 0 Å². The third-order valence-corrected chi connectivity index (χ3v) is 5.52. The topological polar surface area (TPSA) is 44.8 Å². The molecule has 0 unspecified atom stereocenters. The van der Waals surface area contributed by atoms with Crippen molar-refractivity contribution in [3.63, 3.8) is 0 Å². The zero-order chi connectivity index (χ0) is 21.3. The number of rotatable bonds is 5. The van der Waals surface area contributed by atoms with Crippen LogP contribution in [0.1, 0.15) is 27.0 Å². The molecule has 0 bridgehead atoms. The molecule has 3 aromatic carbocycles. The summed E-state index contributed by atoms with van der Waals surface area (Å²) in [5.74, 6) is 1.75. The number of Topliss-reactive ketones (excluding diaryl/α,β-unsaturated/α-hetero) is 1. The number of fused-ring (bicyclic) bond motifs is 1. The van der Waals surface area contributed by atoms with Crippen molar-refractivity contribution in [2.24, 2.45) is 0 Å². The van der Waals surface area contributed by atoms with Crippen LogP contribution >= 0.6 is 23.2 Å². The summed E-state index contributed by atoms with van der Waals surface area (Å²) in [5, 5.41) is 1.07. The second-order valence-electron chi connectivity index (χ2n) is 6.78. The predicted molar refractivity (Wildman–Crippen MR) is 118 cm³/mol. The number of benzene rings is 3. The monoisotopic (exact) mass is 440 g/mol. The lowest BCUT2D eigenvalue weighted by atomic mass is 10.0. The highest BCUT2D eigenvalue weighted by Gasteiger charge is 2.30. The van der Waals surface area contributed by atoms with Gasteiger partial charge >= 0.3 is 0 Å². The van der Waals surface area contributed by atoms with Crippen molar-refractivity contribution in [1.29, 1.82) is 0 Å². The van der Waals surface area contributed by atoms with Crippen molar-refractivity contribution >= 4 is 35.1 Å². The van der Waals surface area contributed by atoms with Crippen LogP contribution in [0.3, 0.4) is 0 Å². The Morgan fingerprint density at radius 2 is 1.77 bits per heavy atom. The maximum Gasteiger partial charge on any atom is 0.232 e. The molecule has 4 nitrogen and oxygen atoms in total. The normalized spacial score (nSPS) is 13.9. The molecule has 152 valence electrons. The molecule has 1 aliphatic heterocycles. The quantitative estimate of drug-likeness (QED) is 0.424. The van der Waals surface area contributed by atoms with E-state index in [9.17, 15) is 4.79 Å². The molecular weight excluding hydrogens is 423 g/mol. The molecule has 1 heterocycles. The number of carbonyl (C=O) groups excluding carboxylic acids is 1. The number of methoxy groups -OCH3 is 1. The first-order chi connectivity index (χ1) is 14.5. The second-order valence-corrected chi connectivity index (χ2v) is 7.60. The first kappa shape index (κ1) is 20.3. The molecule has 0 fully saturated rings. The number of hydrogen-bond acceptors (Lipinski definition) is 4. The van der Waals surface area contributed by atoms with E-state index in [1.807, 2.05) is 31.2 Å². The van der Waals surface area contributed by atoms with Gasteiger partial charge in [0.2, 0.25) is 5.78 Å². The molecule has 6 heteroatoms. The van der Waals surface area contributed by atoms with E-state index in [1.165, 1.54) is 0 Å². The number of para-hydroxylation sites is 1. The molecule has 3 aromatic rings. The summed E-state index contributed by atoms with van der Waals surface area (Å²) in [6.07, 6.45) is 1.69. The lowest BCUT2D eigenvalue weighted by molar-refractivity contribution is 0.101. The average molecular weight is 441 g/mol. The van der Waals surface area contributed by atoms with Crippen LogP contribution < -0.4 is 14.2 Å². The number of ether oxygens (including phenoxy) is 3. The molecule has 0 atom stereocenters. The van der Waals surface area contributed by atoms with E-state index < -0.39 is 0 Å². The van der Waals surface area contributed by atoms with E-state index in [-0.39, 0.29) is 18.1 Å². The summed E-state index contributed by atoms with van der Waals surface area (Å²) in [6.45, 7) is 2.05. The van der Waals surface area contributed by atoms with Crippen molar-refractivity contribution in [3.05, 3.63) is 92.7 Å². The zero-order valence-electron chi connectivity index (χ0n) is 16.4. The van der Waals surface area contributed by atoms with Gasteiger partial charge in [-0.3, -0.25) is 4.79 Å². The second kappa shape index (κ2) is 8.42. The van der Waals surface area contributed by atoms with E-state index in [2.05, 4.69) is 0 Å². The smallest absolute Gasteiger partial charge is 0.232 e. The first-order valence-corrected chi connectivity index (χ1v) is 10.0. The van der Waals surface area contributed by atoms with Gasteiger partial charge in [0, 0.05) is 27.2 Å². The molecule has 0 spiro atoms. The Labute approximate surface area is 184 Å². The summed E-state index contributed by atoms with van der Waals surface area (Å²) in [4.78, 5) is 12.9. The molecule has 1 aliphatic rings. The summed E-state index contributed by atoms with van der Waals surface area (Å²) in [6, 6.07) is 16.2. The average Bonchev–Trinajstić information content (AvgIpc) is 3.03. The lowest BCUT2D eigenvalue weighted by Gasteiger charge is -2.11. The van der Waals surface area contributed by atoms with Gasteiger partial charge in [0.1, 0.15) is 23.9 Å². The first-order valence-electron chi connectivity index (χ1n) is 9.25. The molecule has 0 amide bonds. The van der Waals surface area contributed by atoms with Crippen LogP contribution in [-0.4, -0.2) is 12.9 Å². The van der Waals surface area contributed by atoms with Crippen molar-refractivity contribution in [3.8, 4) is 17.2 Å². The van der Waals surface area contributed by atoms with Gasteiger partial charge < -0.3 is 14.2 Å². The molecule has 0 saturated heterocycles. The minimum Gasteiger partial charge on any atom is -0.496 e. The largest absolute Gasteiger partial charge is 0.496 e. The molecule has 0 aromatic heterocycles. The van der Waals surface area contributed by atoms with Gasteiger partial charge in [0.05, 0.1) is 12.7 Å². The highest BCUT2D eigenvalue weighted by atomic mass is 35.5. The fourth-order valence-corrected chi connectivity index (χ4v) is 3.82. The third kappa shape index (κ3) is 3.89. The van der Waals surface area contributed by atoms with Gasteiger partial charge in [-0.15, -0.1) is 0 Å². The summed E-state index contributed by atoms with van der Waals surface area (Å²) < 4.78 is 17.1. The number of carbonyl (C=O) groups is 1. The Morgan fingerprint density at radius 3 is 2.50 bits per heavy atom. The van der Waals surface area contributed by atoms with E-state index in [0.29, 0.717) is 38.4 Å². The lowest BCUT2D eigenvalue weighted by Crippen LogP contribution is -2.00.